The van der Waals surface area contributed by atoms with Crippen molar-refractivity contribution in [3.8, 4) is 0 Å². The first-order valence-corrected chi connectivity index (χ1v) is 13.9. The van der Waals surface area contributed by atoms with Gasteiger partial charge < -0.3 is 19.7 Å². The minimum Gasteiger partial charge on any atom is -0.387 e. The van der Waals surface area contributed by atoms with Crippen LogP contribution in [0.4, 0.5) is 0 Å². The van der Waals surface area contributed by atoms with Crippen LogP contribution < -0.4 is 10.7 Å². The quantitative estimate of drug-likeness (QED) is 0.334. The largest absolute Gasteiger partial charge is 0.387 e. The molecule has 2 N–H and O–H groups in total. The minimum absolute atomic E-state index is 0.126. The Morgan fingerprint density at radius 2 is 1.97 bits per heavy atom. The summed E-state index contributed by atoms with van der Waals surface area (Å²) in [6.45, 7) is 5.20. The average molecular weight is 552 g/mol. The van der Waals surface area contributed by atoms with Crippen LogP contribution in [0.3, 0.4) is 0 Å². The van der Waals surface area contributed by atoms with Gasteiger partial charge >= 0.3 is 0 Å². The van der Waals surface area contributed by atoms with Crippen LogP contribution in [-0.4, -0.2) is 46.3 Å². The molecule has 7 nitrogen and oxygen atoms in total. The highest BCUT2D eigenvalue weighted by Crippen LogP contribution is 2.29. The molecule has 0 spiro atoms. The van der Waals surface area contributed by atoms with Crippen molar-refractivity contribution in [1.82, 2.24) is 14.8 Å². The van der Waals surface area contributed by atoms with Crippen molar-refractivity contribution in [3.05, 3.63) is 104 Å². The maximum atomic E-state index is 13.4. The Hall–Kier alpha value is -3.01. The fourth-order valence-corrected chi connectivity index (χ4v) is 6.14. The van der Waals surface area contributed by atoms with E-state index < -0.39 is 12.0 Å². The van der Waals surface area contributed by atoms with Crippen molar-refractivity contribution >= 4 is 39.1 Å². The first kappa shape index (κ1) is 26.6. The molecule has 4 aromatic rings. The van der Waals surface area contributed by atoms with Crippen molar-refractivity contribution in [2.24, 2.45) is 0 Å². The second-order valence-corrected chi connectivity index (χ2v) is 10.9. The summed E-state index contributed by atoms with van der Waals surface area (Å²) >= 11 is 7.50. The molecule has 0 saturated carbocycles. The summed E-state index contributed by atoms with van der Waals surface area (Å²) in [4.78, 5) is 30.5. The van der Waals surface area contributed by atoms with Crippen molar-refractivity contribution < 1.29 is 14.6 Å². The summed E-state index contributed by atoms with van der Waals surface area (Å²) in [6.07, 6.45) is 0.969. The number of rotatable bonds is 8. The van der Waals surface area contributed by atoms with Crippen molar-refractivity contribution in [1.29, 1.82) is 0 Å². The fraction of sp³-hybridized carbons (Fsp3) is 0.310. The van der Waals surface area contributed by atoms with Gasteiger partial charge in [-0.05, 0) is 36.2 Å². The molecule has 0 bridgehead atoms. The van der Waals surface area contributed by atoms with E-state index in [0.717, 1.165) is 20.8 Å². The third kappa shape index (κ3) is 5.70. The van der Waals surface area contributed by atoms with Gasteiger partial charge in [-0.2, -0.15) is 0 Å². The van der Waals surface area contributed by atoms with E-state index in [9.17, 15) is 14.7 Å². The number of hydrogen-bond donors (Lipinski definition) is 2. The van der Waals surface area contributed by atoms with Crippen LogP contribution in [0.1, 0.15) is 39.4 Å². The van der Waals surface area contributed by atoms with Gasteiger partial charge in [0.05, 0.1) is 30.7 Å². The fourth-order valence-electron chi connectivity index (χ4n) is 4.80. The summed E-state index contributed by atoms with van der Waals surface area (Å²) < 4.78 is 7.66. The Morgan fingerprint density at radius 3 is 2.71 bits per heavy atom. The number of aryl methyl sites for hydroxylation is 1. The normalized spacial score (nSPS) is 17.0. The van der Waals surface area contributed by atoms with Gasteiger partial charge in [-0.15, -0.1) is 11.3 Å². The van der Waals surface area contributed by atoms with E-state index in [0.29, 0.717) is 49.8 Å². The van der Waals surface area contributed by atoms with Gasteiger partial charge in [0, 0.05) is 42.3 Å². The van der Waals surface area contributed by atoms with Gasteiger partial charge in [0.1, 0.15) is 10.4 Å². The number of benzene rings is 2. The van der Waals surface area contributed by atoms with Crippen molar-refractivity contribution in [2.45, 2.75) is 38.7 Å². The number of aromatic nitrogens is 1. The predicted molar refractivity (Wildman–Crippen MR) is 151 cm³/mol. The van der Waals surface area contributed by atoms with Crippen LogP contribution in [0.5, 0.6) is 0 Å². The van der Waals surface area contributed by atoms with Gasteiger partial charge in [0.25, 0.3) is 5.91 Å². The highest BCUT2D eigenvalue weighted by atomic mass is 35.5. The third-order valence-electron chi connectivity index (χ3n) is 6.90. The number of ether oxygens (including phenoxy) is 1. The zero-order chi connectivity index (χ0) is 26.6. The molecule has 198 valence electrons. The number of carbonyl (C=O) groups is 1. The lowest BCUT2D eigenvalue weighted by Crippen LogP contribution is -2.48. The van der Waals surface area contributed by atoms with Crippen LogP contribution >= 0.6 is 22.9 Å². The number of hydrogen-bond acceptors (Lipinski definition) is 6. The van der Waals surface area contributed by atoms with Crippen LogP contribution in [0.15, 0.2) is 71.7 Å². The lowest BCUT2D eigenvalue weighted by atomic mass is 10.0. The standard InChI is InChI=1S/C29H30ClN3O4S/c1-2-32-17-24(28(36)31-15-19-8-10-21(30)11-9-19)27(35)23-14-22(38-29(23)32)16-33-12-13-37-18-25(33)26(34)20-6-4-3-5-7-20/h3-11,14,17,25-26,34H,2,12-13,15-16,18H2,1H3,(H,31,36)/t25-,26?/m1/s1. The van der Waals surface area contributed by atoms with E-state index in [1.54, 1.807) is 29.7 Å². The number of halogens is 1. The van der Waals surface area contributed by atoms with Gasteiger partial charge in [-0.25, -0.2) is 0 Å². The lowest BCUT2D eigenvalue weighted by molar-refractivity contribution is -0.0629. The molecule has 1 amide bonds. The topological polar surface area (TPSA) is 83.8 Å². The van der Waals surface area contributed by atoms with Crippen LogP contribution in [0.2, 0.25) is 5.02 Å². The maximum absolute atomic E-state index is 13.4. The van der Waals surface area contributed by atoms with Gasteiger partial charge in [0.2, 0.25) is 5.43 Å². The molecule has 2 aromatic carbocycles. The van der Waals surface area contributed by atoms with E-state index in [2.05, 4.69) is 10.2 Å². The summed E-state index contributed by atoms with van der Waals surface area (Å²) in [5.74, 6) is -0.402. The van der Waals surface area contributed by atoms with E-state index in [1.807, 2.05) is 60.0 Å². The molecule has 1 fully saturated rings. The van der Waals surface area contributed by atoms with E-state index >= 15 is 0 Å². The number of thiophene rings is 1. The molecule has 38 heavy (non-hydrogen) atoms. The Bertz CT molecular complexity index is 1470. The lowest BCUT2D eigenvalue weighted by Gasteiger charge is -2.38. The number of nitrogens with zero attached hydrogens (tertiary/aromatic N) is 2. The first-order chi connectivity index (χ1) is 18.4. The molecule has 5 rings (SSSR count). The first-order valence-electron chi connectivity index (χ1n) is 12.7. The van der Waals surface area contributed by atoms with Crippen LogP contribution in [-0.2, 0) is 24.4 Å². The zero-order valence-electron chi connectivity index (χ0n) is 21.1. The molecule has 2 atom stereocenters. The molecule has 1 saturated heterocycles. The molecule has 1 aliphatic heterocycles. The highest BCUT2D eigenvalue weighted by Gasteiger charge is 2.31. The predicted octanol–water partition coefficient (Wildman–Crippen LogP) is 4.60. The SMILES string of the molecule is CCn1cc(C(=O)NCc2ccc(Cl)cc2)c(=O)c2cc(CN3CCOC[C@@H]3C(O)c3ccccc3)sc21. The minimum atomic E-state index is -0.683. The van der Waals surface area contributed by atoms with Crippen LogP contribution in [0.25, 0.3) is 10.2 Å². The highest BCUT2D eigenvalue weighted by molar-refractivity contribution is 7.18. The van der Waals surface area contributed by atoms with Gasteiger partial charge in [0.15, 0.2) is 0 Å². The van der Waals surface area contributed by atoms with Gasteiger partial charge in [-0.3, -0.25) is 14.5 Å². The van der Waals surface area contributed by atoms with Crippen LogP contribution in [0, 0.1) is 0 Å². The molecular formula is C29H30ClN3O4S. The molecule has 9 heteroatoms. The number of nitrogens with one attached hydrogen (secondary N) is 1. The van der Waals surface area contributed by atoms with E-state index in [-0.39, 0.29) is 17.0 Å². The second-order valence-electron chi connectivity index (χ2n) is 9.37. The molecule has 2 aromatic heterocycles. The summed E-state index contributed by atoms with van der Waals surface area (Å²) in [6, 6.07) is 18.5. The molecule has 0 aliphatic carbocycles. The number of carbonyl (C=O) groups excluding carboxylic acids is 1. The average Bonchev–Trinajstić information content (AvgIpc) is 3.37. The number of aliphatic hydroxyl groups excluding tert-OH is 1. The Morgan fingerprint density at radius 1 is 1.21 bits per heavy atom. The summed E-state index contributed by atoms with van der Waals surface area (Å²) in [7, 11) is 0. The Kier molecular flexibility index (Phi) is 8.26. The van der Waals surface area contributed by atoms with Gasteiger partial charge in [-0.1, -0.05) is 54.1 Å². The smallest absolute Gasteiger partial charge is 0.257 e. The van der Waals surface area contributed by atoms with E-state index in [4.69, 9.17) is 16.3 Å². The Balaban J connectivity index is 1.38. The maximum Gasteiger partial charge on any atom is 0.257 e. The second kappa shape index (κ2) is 11.8. The molecule has 3 heterocycles. The monoisotopic (exact) mass is 551 g/mol. The molecule has 1 unspecified atom stereocenters. The zero-order valence-corrected chi connectivity index (χ0v) is 22.7. The van der Waals surface area contributed by atoms with E-state index in [1.165, 1.54) is 0 Å². The van der Waals surface area contributed by atoms with Crippen molar-refractivity contribution in [3.63, 3.8) is 0 Å². The number of morpholine rings is 1. The third-order valence-corrected chi connectivity index (χ3v) is 8.30. The summed E-state index contributed by atoms with van der Waals surface area (Å²) in [5, 5.41) is 15.1. The number of amides is 1. The number of pyridine rings is 1. The molecule has 0 radical (unpaired) electrons. The van der Waals surface area contributed by atoms with Crippen molar-refractivity contribution in [2.75, 3.05) is 19.8 Å². The Labute approximate surface area is 230 Å². The molecule has 1 aliphatic rings. The number of fused-ring (bicyclic) bond motifs is 1. The summed E-state index contributed by atoms with van der Waals surface area (Å²) in [5.41, 5.74) is 1.60. The molecular weight excluding hydrogens is 522 g/mol. The number of aliphatic hydroxyl groups is 1.